The fraction of sp³-hybridized carbons (Fsp3) is 0.474. The average molecular weight is 404 g/mol. The van der Waals surface area contributed by atoms with E-state index in [1.807, 2.05) is 58.5 Å². The number of nitrogens with zero attached hydrogens (tertiary/aromatic N) is 2. The number of benzene rings is 1. The van der Waals surface area contributed by atoms with Crippen LogP contribution < -0.4 is 15.5 Å². The summed E-state index contributed by atoms with van der Waals surface area (Å²) in [6, 6.07) is 5.21. The highest BCUT2D eigenvalue weighted by Gasteiger charge is 2.22. The van der Waals surface area contributed by atoms with Crippen LogP contribution in [0.2, 0.25) is 0 Å². The monoisotopic (exact) mass is 404 g/mol. The van der Waals surface area contributed by atoms with Gasteiger partial charge in [0.25, 0.3) is 0 Å². The van der Waals surface area contributed by atoms with Crippen molar-refractivity contribution < 1.29 is 14.8 Å². The lowest BCUT2D eigenvalue weighted by Gasteiger charge is -2.22. The topological polar surface area (TPSA) is 99.4 Å². The minimum Gasteiger partial charge on any atom is -0.423 e. The Balaban J connectivity index is 2.21. The Kier molecular flexibility index (Phi) is 7.57. The quantitative estimate of drug-likeness (QED) is 0.420. The molecule has 0 fully saturated rings. The van der Waals surface area contributed by atoms with Crippen molar-refractivity contribution in [2.24, 2.45) is 0 Å². The molecule has 2 amide bonds. The summed E-state index contributed by atoms with van der Waals surface area (Å²) in [4.78, 5) is 12.5. The fourth-order valence-electron chi connectivity index (χ4n) is 2.82. The number of anilines is 1. The summed E-state index contributed by atoms with van der Waals surface area (Å²) in [5, 5.41) is 27.2. The highest BCUT2D eigenvalue weighted by atomic mass is 32.2. The van der Waals surface area contributed by atoms with Crippen LogP contribution in [0.4, 0.5) is 10.5 Å². The molecule has 1 aromatic carbocycles. The molecule has 0 aliphatic heterocycles. The molecule has 4 N–H and O–H groups in total. The second-order valence-electron chi connectivity index (χ2n) is 7.64. The zero-order chi connectivity index (χ0) is 21.0. The van der Waals surface area contributed by atoms with Gasteiger partial charge in [0, 0.05) is 29.9 Å². The lowest BCUT2D eigenvalue weighted by Crippen LogP contribution is -2.32. The number of hydrogen-bond donors (Lipinski definition) is 4. The van der Waals surface area contributed by atoms with Gasteiger partial charge >= 0.3 is 13.1 Å². The molecule has 0 aliphatic carbocycles. The van der Waals surface area contributed by atoms with Crippen molar-refractivity contribution in [3.63, 3.8) is 0 Å². The van der Waals surface area contributed by atoms with Gasteiger partial charge in [-0.3, -0.25) is 9.40 Å². The van der Waals surface area contributed by atoms with Gasteiger partial charge in [0.15, 0.2) is 0 Å². The molecule has 2 rings (SSSR count). The van der Waals surface area contributed by atoms with Crippen molar-refractivity contribution in [2.45, 2.75) is 64.4 Å². The van der Waals surface area contributed by atoms with Crippen LogP contribution in [-0.2, 0) is 0 Å². The first-order chi connectivity index (χ1) is 13.1. The third-order valence-electron chi connectivity index (χ3n) is 4.36. The van der Waals surface area contributed by atoms with Crippen molar-refractivity contribution in [3.8, 4) is 0 Å². The second-order valence-corrected chi connectivity index (χ2v) is 8.47. The van der Waals surface area contributed by atoms with E-state index in [2.05, 4.69) is 15.1 Å². The molecular formula is C19H29BN4O3S. The number of hydrogen-bond acceptors (Lipinski definition) is 5. The molecule has 0 aliphatic rings. The van der Waals surface area contributed by atoms with Gasteiger partial charge in [-0.2, -0.15) is 5.10 Å². The first kappa shape index (κ1) is 22.3. The molecular weight excluding hydrogens is 375 g/mol. The van der Waals surface area contributed by atoms with Gasteiger partial charge in [0.2, 0.25) is 0 Å². The van der Waals surface area contributed by atoms with E-state index in [4.69, 9.17) is 0 Å². The van der Waals surface area contributed by atoms with Crippen LogP contribution in [-0.4, -0.2) is 33.0 Å². The normalized spacial score (nSPS) is 11.4. The Hall–Kier alpha value is -1.97. The highest BCUT2D eigenvalue weighted by Crippen LogP contribution is 2.32. The Labute approximate surface area is 171 Å². The van der Waals surface area contributed by atoms with Gasteiger partial charge in [0.05, 0.1) is 0 Å². The molecule has 0 saturated heterocycles. The summed E-state index contributed by atoms with van der Waals surface area (Å²) in [5.74, 6) is 0.196. The van der Waals surface area contributed by atoms with Crippen molar-refractivity contribution in [3.05, 3.63) is 35.5 Å². The molecule has 0 spiro atoms. The van der Waals surface area contributed by atoms with Gasteiger partial charge in [-0.05, 0) is 48.3 Å². The van der Waals surface area contributed by atoms with E-state index >= 15 is 0 Å². The first-order valence-corrected chi connectivity index (χ1v) is 10.2. The minimum absolute atomic E-state index is 0.0980. The Morgan fingerprint density at radius 3 is 2.11 bits per heavy atom. The maximum absolute atomic E-state index is 12.5. The number of nitrogens with one attached hydrogen (secondary N) is 2. The summed E-state index contributed by atoms with van der Waals surface area (Å²) >= 11 is 1.15. The molecule has 7 nitrogen and oxygen atoms in total. The van der Waals surface area contributed by atoms with Crippen LogP contribution in [0.5, 0.6) is 0 Å². The van der Waals surface area contributed by atoms with E-state index in [1.165, 1.54) is 0 Å². The highest BCUT2D eigenvalue weighted by molar-refractivity contribution is 7.97. The van der Waals surface area contributed by atoms with Crippen molar-refractivity contribution >= 4 is 36.2 Å². The summed E-state index contributed by atoms with van der Waals surface area (Å²) in [7, 11) is -1.55. The van der Waals surface area contributed by atoms with Crippen LogP contribution >= 0.6 is 11.9 Å². The summed E-state index contributed by atoms with van der Waals surface area (Å²) < 4.78 is 4.59. The van der Waals surface area contributed by atoms with Crippen LogP contribution in [0.1, 0.15) is 70.5 Å². The second kappa shape index (κ2) is 9.49. The number of aromatic nitrogens is 2. The standard InChI is InChI=1S/C19H29BN4O3S/c1-11(2)15-9-14(20(26)27)10-16(12(3)4)18(15)21-19(25)23-28-17-7-8-24(22-17)13(5)6/h7-13,26-27H,1-6H3,(H2,21,23,25). The van der Waals surface area contributed by atoms with Gasteiger partial charge in [0.1, 0.15) is 5.03 Å². The number of carbonyl (C=O) groups excluding carboxylic acids is 1. The smallest absolute Gasteiger partial charge is 0.423 e. The Morgan fingerprint density at radius 1 is 1.11 bits per heavy atom. The number of amides is 2. The van der Waals surface area contributed by atoms with Crippen LogP contribution in [0.15, 0.2) is 29.4 Å². The fourth-order valence-corrected chi connectivity index (χ4v) is 3.33. The van der Waals surface area contributed by atoms with Crippen molar-refractivity contribution in [1.29, 1.82) is 0 Å². The molecule has 2 aromatic rings. The van der Waals surface area contributed by atoms with E-state index < -0.39 is 7.12 Å². The van der Waals surface area contributed by atoms with E-state index in [9.17, 15) is 14.8 Å². The molecule has 28 heavy (non-hydrogen) atoms. The lowest BCUT2D eigenvalue weighted by atomic mass is 9.76. The van der Waals surface area contributed by atoms with Gasteiger partial charge in [-0.15, -0.1) is 0 Å². The minimum atomic E-state index is -1.55. The maximum atomic E-state index is 12.5. The van der Waals surface area contributed by atoms with Crippen LogP contribution in [0, 0.1) is 0 Å². The van der Waals surface area contributed by atoms with Gasteiger partial charge in [-0.1, -0.05) is 39.8 Å². The summed E-state index contributed by atoms with van der Waals surface area (Å²) in [5.41, 5.74) is 2.85. The predicted octanol–water partition coefficient (Wildman–Crippen LogP) is 3.22. The molecule has 1 heterocycles. The Bertz CT molecular complexity index is 792. The lowest BCUT2D eigenvalue weighted by molar-refractivity contribution is 0.257. The molecule has 0 bridgehead atoms. The van der Waals surface area contributed by atoms with Crippen LogP contribution in [0.25, 0.3) is 0 Å². The molecule has 0 unspecified atom stereocenters. The molecule has 9 heteroatoms. The molecule has 0 radical (unpaired) electrons. The van der Waals surface area contributed by atoms with E-state index in [1.54, 1.807) is 12.1 Å². The molecule has 1 aromatic heterocycles. The maximum Gasteiger partial charge on any atom is 0.488 e. The number of urea groups is 1. The molecule has 0 atom stereocenters. The molecule has 0 saturated carbocycles. The largest absolute Gasteiger partial charge is 0.488 e. The van der Waals surface area contributed by atoms with E-state index in [-0.39, 0.29) is 23.9 Å². The van der Waals surface area contributed by atoms with Gasteiger partial charge < -0.3 is 15.4 Å². The van der Waals surface area contributed by atoms with E-state index in [0.29, 0.717) is 16.2 Å². The zero-order valence-corrected chi connectivity index (χ0v) is 18.0. The summed E-state index contributed by atoms with van der Waals surface area (Å²) in [6.45, 7) is 12.1. The van der Waals surface area contributed by atoms with Crippen molar-refractivity contribution in [1.82, 2.24) is 14.5 Å². The third-order valence-corrected chi connectivity index (χ3v) is 5.08. The van der Waals surface area contributed by atoms with E-state index in [0.717, 1.165) is 23.1 Å². The predicted molar refractivity (Wildman–Crippen MR) is 115 cm³/mol. The zero-order valence-electron chi connectivity index (χ0n) is 17.2. The van der Waals surface area contributed by atoms with Crippen LogP contribution in [0.3, 0.4) is 0 Å². The third kappa shape index (κ3) is 5.53. The SMILES string of the molecule is CC(C)c1cc(B(O)O)cc(C(C)C)c1NC(=O)NSc1ccn(C(C)C)n1. The average Bonchev–Trinajstić information content (AvgIpc) is 3.08. The first-order valence-electron chi connectivity index (χ1n) is 9.43. The number of rotatable bonds is 7. The number of carbonyl (C=O) groups is 1. The summed E-state index contributed by atoms with van der Waals surface area (Å²) in [6.07, 6.45) is 1.87. The Morgan fingerprint density at radius 2 is 1.68 bits per heavy atom. The molecule has 152 valence electrons. The van der Waals surface area contributed by atoms with Crippen molar-refractivity contribution in [2.75, 3.05) is 5.32 Å². The van der Waals surface area contributed by atoms with Gasteiger partial charge in [-0.25, -0.2) is 4.79 Å².